The highest BCUT2D eigenvalue weighted by Crippen LogP contribution is 2.46. The predicted octanol–water partition coefficient (Wildman–Crippen LogP) is 0.801. The Balaban J connectivity index is 1.38. The van der Waals surface area contributed by atoms with Gasteiger partial charge in [0, 0.05) is 18.6 Å². The fourth-order valence-electron chi connectivity index (χ4n) is 4.00. The number of hydrogen-bond donors (Lipinski definition) is 5. The Morgan fingerprint density at radius 3 is 2.86 bits per heavy atom. The van der Waals surface area contributed by atoms with Crippen molar-refractivity contribution in [2.45, 2.75) is 50.0 Å². The number of aromatic nitrogens is 4. The smallest absolute Gasteiger partial charge is 0.387 e. The van der Waals surface area contributed by atoms with Gasteiger partial charge in [-0.3, -0.25) is 14.0 Å². The summed E-state index contributed by atoms with van der Waals surface area (Å²) in [6.45, 7) is 1.27. The second-order valence-electron chi connectivity index (χ2n) is 8.45. The molecule has 0 bridgehead atoms. The van der Waals surface area contributed by atoms with Crippen molar-refractivity contribution >= 4 is 25.4 Å². The first-order chi connectivity index (χ1) is 17.7. The van der Waals surface area contributed by atoms with Gasteiger partial charge in [0.05, 0.1) is 31.6 Å². The number of nitrogens with two attached hydrogens (primary N) is 1. The van der Waals surface area contributed by atoms with E-state index in [0.29, 0.717) is 11.9 Å². The lowest BCUT2D eigenvalue weighted by atomic mass is 9.92. The molecule has 0 radical (unpaired) electrons. The van der Waals surface area contributed by atoms with Crippen LogP contribution in [0.3, 0.4) is 0 Å². The molecule has 0 aromatic carbocycles. The van der Waals surface area contributed by atoms with E-state index in [1.165, 1.54) is 16.9 Å². The van der Waals surface area contributed by atoms with E-state index in [-0.39, 0.29) is 24.7 Å². The average Bonchev–Trinajstić information content (AvgIpc) is 3.44. The number of ether oxygens (including phenoxy) is 2. The Hall–Kier alpha value is -2.81. The number of hydrogen-bond acceptors (Lipinski definition) is 12. The molecule has 1 aliphatic heterocycles. The maximum absolute atomic E-state index is 12.5. The lowest BCUT2D eigenvalue weighted by molar-refractivity contribution is -0.0562. The minimum atomic E-state index is -4.57. The molecular formula is C22H29N6O8P. The van der Waals surface area contributed by atoms with Crippen molar-refractivity contribution in [1.82, 2.24) is 19.6 Å². The number of nitrogens with one attached hydrogen (secondary N) is 1. The van der Waals surface area contributed by atoms with E-state index in [0.717, 1.165) is 11.8 Å². The topological polar surface area (TPSA) is 208 Å². The number of nitrogen functional groups attached to an aromatic ring is 1. The van der Waals surface area contributed by atoms with Crippen LogP contribution in [0.5, 0.6) is 0 Å². The van der Waals surface area contributed by atoms with Crippen LogP contribution in [0.15, 0.2) is 43.0 Å². The molecule has 6 atom stereocenters. The first-order valence-electron chi connectivity index (χ1n) is 11.5. The Bertz CT molecular complexity index is 1260. The van der Waals surface area contributed by atoms with Crippen LogP contribution in [-0.2, 0) is 35.3 Å². The molecule has 0 spiro atoms. The van der Waals surface area contributed by atoms with Gasteiger partial charge in [-0.25, -0.2) is 14.1 Å². The van der Waals surface area contributed by atoms with Crippen molar-refractivity contribution < 1.29 is 38.2 Å². The van der Waals surface area contributed by atoms with Gasteiger partial charge >= 0.3 is 7.82 Å². The highest BCUT2D eigenvalue weighted by molar-refractivity contribution is 7.47. The first-order valence-corrected chi connectivity index (χ1v) is 13.0. The molecule has 4 heterocycles. The van der Waals surface area contributed by atoms with Crippen LogP contribution in [-0.4, -0.2) is 78.5 Å². The van der Waals surface area contributed by atoms with E-state index >= 15 is 0 Å². The van der Waals surface area contributed by atoms with Crippen molar-refractivity contribution in [3.8, 4) is 0 Å². The monoisotopic (exact) mass is 536 g/mol. The molecule has 3 unspecified atom stereocenters. The van der Waals surface area contributed by atoms with Crippen LogP contribution < -0.4 is 5.73 Å². The quantitative estimate of drug-likeness (QED) is 0.161. The number of phosphoric ester groups is 1. The lowest BCUT2D eigenvalue weighted by Crippen LogP contribution is -2.43. The van der Waals surface area contributed by atoms with Gasteiger partial charge in [0.1, 0.15) is 30.2 Å². The molecule has 1 fully saturated rings. The molecule has 15 heteroatoms. The Morgan fingerprint density at radius 1 is 1.35 bits per heavy atom. The number of nitrogens with zero attached hydrogens (tertiary/aromatic N) is 4. The van der Waals surface area contributed by atoms with E-state index < -0.39 is 44.4 Å². The maximum Gasteiger partial charge on any atom is 0.472 e. The van der Waals surface area contributed by atoms with Gasteiger partial charge in [-0.2, -0.15) is 5.10 Å². The highest BCUT2D eigenvalue weighted by Gasteiger charge is 2.56. The lowest BCUT2D eigenvalue weighted by Gasteiger charge is -2.27. The molecule has 0 saturated carbocycles. The second-order valence-corrected chi connectivity index (χ2v) is 9.91. The summed E-state index contributed by atoms with van der Waals surface area (Å²) in [5.74, 6) is 0.169. The molecule has 3 aromatic rings. The van der Waals surface area contributed by atoms with E-state index in [4.69, 9.17) is 29.7 Å². The minimum Gasteiger partial charge on any atom is -0.387 e. The summed E-state index contributed by atoms with van der Waals surface area (Å²) in [4.78, 5) is 18.1. The third-order valence-electron chi connectivity index (χ3n) is 6.08. The normalized spacial score (nSPS) is 26.2. The third kappa shape index (κ3) is 5.71. The summed E-state index contributed by atoms with van der Waals surface area (Å²) in [5.41, 5.74) is 5.50. The van der Waals surface area contributed by atoms with Crippen LogP contribution in [0.25, 0.3) is 5.52 Å². The summed E-state index contributed by atoms with van der Waals surface area (Å²) >= 11 is 0. The zero-order chi connectivity index (χ0) is 26.6. The highest BCUT2D eigenvalue weighted by atomic mass is 31.2. The Morgan fingerprint density at radius 2 is 2.16 bits per heavy atom. The molecule has 0 amide bonds. The summed E-state index contributed by atoms with van der Waals surface area (Å²) < 4.78 is 35.5. The molecule has 14 nitrogen and oxygen atoms in total. The fraction of sp³-hybridized carbons (Fsp3) is 0.455. The number of phosphoric acid groups is 1. The van der Waals surface area contributed by atoms with Gasteiger partial charge in [0.15, 0.2) is 11.4 Å². The van der Waals surface area contributed by atoms with E-state index in [1.54, 1.807) is 24.5 Å². The number of pyridine rings is 1. The van der Waals surface area contributed by atoms with Crippen LogP contribution in [0.1, 0.15) is 24.6 Å². The number of aliphatic hydroxyl groups excluding tert-OH is 2. The zero-order valence-electron chi connectivity index (χ0n) is 20.0. The molecule has 3 aromatic heterocycles. The van der Waals surface area contributed by atoms with Crippen LogP contribution in [0, 0.1) is 5.41 Å². The number of fused-ring (bicyclic) bond motifs is 1. The Labute approximate surface area is 212 Å². The van der Waals surface area contributed by atoms with Gasteiger partial charge < -0.3 is 35.7 Å². The molecule has 1 aliphatic rings. The standard InChI is InChI=1S/C22H29N6O8P/c1-2-15(33-9-14-4-3-7-25-8-14)10-34-37(31,32)35-11-17-19(29)20(30)22(12-23,36-17)18-6-5-16-21(24)26-13-27-28(16)18/h3-8,12-13,15,17,19-20,23,29-30H,2,9-11H2,1H3,(H,31,32)(H2,24,26,27)/t15-,17-,19?,20?,22+/m1/s1. The second kappa shape index (κ2) is 11.3. The molecule has 6 N–H and O–H groups in total. The average molecular weight is 536 g/mol. The SMILES string of the molecule is CC[C@H](COP(=O)(O)OC[C@H]1O[C@@](C=N)(c2ccc3c(N)ncnn23)C(O)C1O)OCc1cccnc1. The number of anilines is 1. The molecule has 0 aliphatic carbocycles. The van der Waals surface area contributed by atoms with Crippen molar-refractivity contribution in [3.63, 3.8) is 0 Å². The van der Waals surface area contributed by atoms with Crippen molar-refractivity contribution in [3.05, 3.63) is 54.2 Å². The fourth-order valence-corrected chi connectivity index (χ4v) is 4.76. The van der Waals surface area contributed by atoms with Gasteiger partial charge in [0.25, 0.3) is 0 Å². The van der Waals surface area contributed by atoms with Gasteiger partial charge in [-0.05, 0) is 30.2 Å². The van der Waals surface area contributed by atoms with Crippen molar-refractivity contribution in [2.75, 3.05) is 18.9 Å². The first kappa shape index (κ1) is 27.2. The number of rotatable bonds is 12. The van der Waals surface area contributed by atoms with E-state index in [9.17, 15) is 19.7 Å². The van der Waals surface area contributed by atoms with Crippen LogP contribution >= 0.6 is 7.82 Å². The van der Waals surface area contributed by atoms with E-state index in [2.05, 4.69) is 15.1 Å². The van der Waals surface area contributed by atoms with Crippen molar-refractivity contribution in [2.24, 2.45) is 0 Å². The predicted molar refractivity (Wildman–Crippen MR) is 130 cm³/mol. The maximum atomic E-state index is 12.5. The van der Waals surface area contributed by atoms with Crippen LogP contribution in [0.2, 0.25) is 0 Å². The largest absolute Gasteiger partial charge is 0.472 e. The van der Waals surface area contributed by atoms with E-state index in [1.807, 2.05) is 13.0 Å². The Kier molecular flexibility index (Phi) is 8.31. The van der Waals surface area contributed by atoms with Gasteiger partial charge in [0.2, 0.25) is 0 Å². The number of aliphatic hydroxyl groups is 2. The van der Waals surface area contributed by atoms with Gasteiger partial charge in [-0.1, -0.05) is 13.0 Å². The summed E-state index contributed by atoms with van der Waals surface area (Å²) in [7, 11) is -4.57. The molecular weight excluding hydrogens is 507 g/mol. The molecule has 1 saturated heterocycles. The molecule has 200 valence electrons. The van der Waals surface area contributed by atoms with Gasteiger partial charge in [-0.15, -0.1) is 0 Å². The summed E-state index contributed by atoms with van der Waals surface area (Å²) in [6, 6.07) is 6.73. The minimum absolute atomic E-state index is 0.169. The molecule has 4 rings (SSSR count). The zero-order valence-corrected chi connectivity index (χ0v) is 20.8. The van der Waals surface area contributed by atoms with Crippen LogP contribution in [0.4, 0.5) is 5.82 Å². The summed E-state index contributed by atoms with van der Waals surface area (Å²) in [6.07, 6.45) is 0.906. The summed E-state index contributed by atoms with van der Waals surface area (Å²) in [5, 5.41) is 33.5. The molecule has 37 heavy (non-hydrogen) atoms. The third-order valence-corrected chi connectivity index (χ3v) is 7.03. The van der Waals surface area contributed by atoms with Crippen molar-refractivity contribution in [1.29, 1.82) is 5.41 Å².